The van der Waals surface area contributed by atoms with Crippen molar-refractivity contribution in [1.29, 1.82) is 0 Å². The number of amides is 1. The molecule has 3 rings (SSSR count). The van der Waals surface area contributed by atoms with Crippen molar-refractivity contribution in [2.75, 3.05) is 26.2 Å². The summed E-state index contributed by atoms with van der Waals surface area (Å²) in [5.74, 6) is -0.873. The van der Waals surface area contributed by atoms with Crippen LogP contribution in [0.4, 0.5) is 0 Å². The fraction of sp³-hybridized carbons (Fsp3) is 0.440. The van der Waals surface area contributed by atoms with E-state index in [1.165, 1.54) is 4.31 Å². The zero-order chi connectivity index (χ0) is 23.8. The van der Waals surface area contributed by atoms with Crippen LogP contribution in [0.2, 0.25) is 0 Å². The molecule has 1 aliphatic rings. The number of carbonyl (C=O) groups is 2. The summed E-state index contributed by atoms with van der Waals surface area (Å²) in [6, 6.07) is 16.8. The van der Waals surface area contributed by atoms with E-state index in [9.17, 15) is 18.0 Å². The van der Waals surface area contributed by atoms with Crippen LogP contribution in [-0.4, -0.2) is 50.8 Å². The van der Waals surface area contributed by atoms with Crippen LogP contribution < -0.4 is 5.32 Å². The third-order valence-corrected chi connectivity index (χ3v) is 7.81. The molecule has 8 heteroatoms. The average Bonchev–Trinajstić information content (AvgIpc) is 2.83. The second-order valence-electron chi connectivity index (χ2n) is 8.60. The average molecular weight is 473 g/mol. The van der Waals surface area contributed by atoms with Crippen molar-refractivity contribution in [3.8, 4) is 0 Å². The van der Waals surface area contributed by atoms with E-state index in [2.05, 4.69) is 19.2 Å². The molecule has 1 amide bonds. The molecule has 1 heterocycles. The lowest BCUT2D eigenvalue weighted by molar-refractivity contribution is -0.153. The largest absolute Gasteiger partial charge is 0.455 e. The zero-order valence-electron chi connectivity index (χ0n) is 19.2. The van der Waals surface area contributed by atoms with Crippen LogP contribution in [0.3, 0.4) is 0 Å². The van der Waals surface area contributed by atoms with E-state index in [-0.39, 0.29) is 30.5 Å². The molecule has 2 aromatic carbocycles. The molecule has 0 atom stereocenters. The van der Waals surface area contributed by atoms with Gasteiger partial charge in [0.05, 0.1) is 10.8 Å². The molecule has 2 aromatic rings. The number of hydrogen-bond donors (Lipinski definition) is 1. The predicted octanol–water partition coefficient (Wildman–Crippen LogP) is 3.11. The lowest BCUT2D eigenvalue weighted by Crippen LogP contribution is -2.41. The Morgan fingerprint density at radius 1 is 1.03 bits per heavy atom. The summed E-state index contributed by atoms with van der Waals surface area (Å²) in [7, 11) is -3.60. The van der Waals surface area contributed by atoms with Crippen molar-refractivity contribution in [3.63, 3.8) is 0 Å². The quantitative estimate of drug-likeness (QED) is 0.566. The number of sulfonamides is 1. The van der Waals surface area contributed by atoms with Gasteiger partial charge in [-0.15, -0.1) is 0 Å². The number of esters is 1. The standard InChI is InChI=1S/C25H32N2O5S/c1-19(2)21-8-10-23(11-9-21)33(30,31)27-16-13-22(14-17-27)25(29)32-18-24(28)26-15-12-20-6-4-3-5-7-20/h3-11,19,22H,12-18H2,1-2H3,(H,26,28). The van der Waals surface area contributed by atoms with Crippen molar-refractivity contribution in [2.24, 2.45) is 5.92 Å². The van der Waals surface area contributed by atoms with Crippen molar-refractivity contribution in [3.05, 3.63) is 65.7 Å². The van der Waals surface area contributed by atoms with Gasteiger partial charge in [-0.3, -0.25) is 9.59 Å². The van der Waals surface area contributed by atoms with Gasteiger partial charge in [-0.1, -0.05) is 56.3 Å². The van der Waals surface area contributed by atoms with E-state index in [0.29, 0.717) is 31.7 Å². The van der Waals surface area contributed by atoms with Gasteiger partial charge in [-0.2, -0.15) is 4.31 Å². The van der Waals surface area contributed by atoms with Crippen LogP contribution in [0.25, 0.3) is 0 Å². The smallest absolute Gasteiger partial charge is 0.309 e. The number of nitrogens with zero attached hydrogens (tertiary/aromatic N) is 1. The van der Waals surface area contributed by atoms with Gasteiger partial charge >= 0.3 is 5.97 Å². The van der Waals surface area contributed by atoms with Gasteiger partial charge in [-0.05, 0) is 48.4 Å². The number of carbonyl (C=O) groups excluding carboxylic acids is 2. The summed E-state index contributed by atoms with van der Waals surface area (Å²) in [5, 5.41) is 2.74. The molecule has 1 N–H and O–H groups in total. The maximum atomic E-state index is 12.9. The van der Waals surface area contributed by atoms with E-state index in [4.69, 9.17) is 4.74 Å². The molecule has 7 nitrogen and oxygen atoms in total. The predicted molar refractivity (Wildman–Crippen MR) is 126 cm³/mol. The summed E-state index contributed by atoms with van der Waals surface area (Å²) in [6.07, 6.45) is 1.45. The Balaban J connectivity index is 1.41. The number of piperidine rings is 1. The van der Waals surface area contributed by atoms with Crippen LogP contribution >= 0.6 is 0 Å². The molecule has 1 fully saturated rings. The van der Waals surface area contributed by atoms with Gasteiger partial charge in [0.25, 0.3) is 5.91 Å². The molecule has 0 saturated carbocycles. The van der Waals surface area contributed by atoms with Gasteiger partial charge in [0.15, 0.2) is 6.61 Å². The molecule has 0 spiro atoms. The van der Waals surface area contributed by atoms with Crippen molar-refractivity contribution >= 4 is 21.9 Å². The molecule has 0 aliphatic carbocycles. The first-order valence-corrected chi connectivity index (χ1v) is 12.8. The number of ether oxygens (including phenoxy) is 1. The third-order valence-electron chi connectivity index (χ3n) is 5.90. The summed E-state index contributed by atoms with van der Waals surface area (Å²) in [6.45, 7) is 4.75. The maximum absolute atomic E-state index is 12.9. The number of hydrogen-bond acceptors (Lipinski definition) is 5. The number of nitrogens with one attached hydrogen (secondary N) is 1. The molecule has 0 aromatic heterocycles. The van der Waals surface area contributed by atoms with Gasteiger partial charge in [-0.25, -0.2) is 8.42 Å². The fourth-order valence-corrected chi connectivity index (χ4v) is 5.27. The van der Waals surface area contributed by atoms with Crippen LogP contribution in [0.1, 0.15) is 43.7 Å². The lowest BCUT2D eigenvalue weighted by atomic mass is 9.98. The van der Waals surface area contributed by atoms with Crippen LogP contribution in [0, 0.1) is 5.92 Å². The van der Waals surface area contributed by atoms with Crippen LogP contribution in [0.5, 0.6) is 0 Å². The van der Waals surface area contributed by atoms with Gasteiger partial charge in [0.1, 0.15) is 0 Å². The van der Waals surface area contributed by atoms with E-state index in [0.717, 1.165) is 11.1 Å². The van der Waals surface area contributed by atoms with E-state index in [1.807, 2.05) is 42.5 Å². The SMILES string of the molecule is CC(C)c1ccc(S(=O)(=O)N2CCC(C(=O)OCC(=O)NCCc3ccccc3)CC2)cc1. The minimum Gasteiger partial charge on any atom is -0.455 e. The number of benzene rings is 2. The third kappa shape index (κ3) is 6.88. The Labute approximate surface area is 196 Å². The second kappa shape index (κ2) is 11.4. The molecular weight excluding hydrogens is 440 g/mol. The molecule has 0 bridgehead atoms. The topological polar surface area (TPSA) is 92.8 Å². The summed E-state index contributed by atoms with van der Waals surface area (Å²) in [4.78, 5) is 24.6. The first-order chi connectivity index (χ1) is 15.8. The fourth-order valence-electron chi connectivity index (χ4n) is 3.80. The minimum absolute atomic E-state index is 0.247. The minimum atomic E-state index is -3.60. The van der Waals surface area contributed by atoms with Crippen LogP contribution in [-0.2, 0) is 30.8 Å². The van der Waals surface area contributed by atoms with Crippen LogP contribution in [0.15, 0.2) is 59.5 Å². The Morgan fingerprint density at radius 2 is 1.67 bits per heavy atom. The summed E-state index contributed by atoms with van der Waals surface area (Å²) >= 11 is 0. The van der Waals surface area contributed by atoms with Gasteiger partial charge in [0.2, 0.25) is 10.0 Å². The van der Waals surface area contributed by atoms with Gasteiger partial charge < -0.3 is 10.1 Å². The molecule has 0 unspecified atom stereocenters. The highest BCUT2D eigenvalue weighted by molar-refractivity contribution is 7.89. The zero-order valence-corrected chi connectivity index (χ0v) is 20.0. The van der Waals surface area contributed by atoms with E-state index >= 15 is 0 Å². The lowest BCUT2D eigenvalue weighted by Gasteiger charge is -2.30. The normalized spacial score (nSPS) is 15.4. The van der Waals surface area contributed by atoms with E-state index in [1.54, 1.807) is 12.1 Å². The van der Waals surface area contributed by atoms with Crippen molar-refractivity contribution in [1.82, 2.24) is 9.62 Å². The first-order valence-electron chi connectivity index (χ1n) is 11.3. The summed E-state index contributed by atoms with van der Waals surface area (Å²) in [5.41, 5.74) is 2.20. The highest BCUT2D eigenvalue weighted by atomic mass is 32.2. The Morgan fingerprint density at radius 3 is 2.27 bits per heavy atom. The maximum Gasteiger partial charge on any atom is 0.309 e. The Kier molecular flexibility index (Phi) is 8.63. The highest BCUT2D eigenvalue weighted by Gasteiger charge is 2.33. The molecule has 1 saturated heterocycles. The van der Waals surface area contributed by atoms with Gasteiger partial charge in [0, 0.05) is 19.6 Å². The summed E-state index contributed by atoms with van der Waals surface area (Å²) < 4.78 is 32.4. The van der Waals surface area contributed by atoms with Crippen molar-refractivity contribution in [2.45, 2.75) is 43.9 Å². The first kappa shape index (κ1) is 24.9. The van der Waals surface area contributed by atoms with E-state index < -0.39 is 21.9 Å². The Bertz CT molecular complexity index is 1030. The number of rotatable bonds is 9. The highest BCUT2D eigenvalue weighted by Crippen LogP contribution is 2.25. The monoisotopic (exact) mass is 472 g/mol. The molecule has 178 valence electrons. The molecule has 1 aliphatic heterocycles. The van der Waals surface area contributed by atoms with Crippen molar-refractivity contribution < 1.29 is 22.7 Å². The molecular formula is C25H32N2O5S. The second-order valence-corrected chi connectivity index (χ2v) is 10.5. The molecule has 33 heavy (non-hydrogen) atoms. The Hall–Kier alpha value is -2.71. The molecule has 0 radical (unpaired) electrons.